The Morgan fingerprint density at radius 2 is 2.26 bits per heavy atom. The average molecular weight is 325 g/mol. The molecule has 0 amide bonds. The second-order valence-electron chi connectivity index (χ2n) is 5.16. The summed E-state index contributed by atoms with van der Waals surface area (Å²) >= 11 is 0. The monoisotopic (exact) mass is 325 g/mol. The molecule has 1 aromatic rings. The summed E-state index contributed by atoms with van der Waals surface area (Å²) in [5.41, 5.74) is 6.28. The second-order valence-corrected chi connectivity index (χ2v) is 5.16. The van der Waals surface area contributed by atoms with Crippen molar-refractivity contribution in [2.75, 3.05) is 18.5 Å². The zero-order chi connectivity index (χ0) is 16.6. The molecule has 10 nitrogen and oxygen atoms in total. The van der Waals surface area contributed by atoms with Crippen molar-refractivity contribution in [1.29, 1.82) is 0 Å². The van der Waals surface area contributed by atoms with Crippen LogP contribution in [0.5, 0.6) is 0 Å². The number of nitrogens with two attached hydrogens (primary N) is 1. The van der Waals surface area contributed by atoms with Crippen molar-refractivity contribution in [2.24, 2.45) is 10.7 Å². The molecule has 1 fully saturated rings. The van der Waals surface area contributed by atoms with Crippen LogP contribution >= 0.6 is 0 Å². The smallest absolute Gasteiger partial charge is 0.168 e. The minimum absolute atomic E-state index is 0.190. The number of nitrogens with one attached hydrogen (secondary N) is 1. The molecule has 0 aliphatic carbocycles. The fourth-order valence-electron chi connectivity index (χ4n) is 2.53. The number of aromatic nitrogens is 2. The van der Waals surface area contributed by atoms with Crippen molar-refractivity contribution in [1.82, 2.24) is 9.55 Å². The molecule has 0 radical (unpaired) electrons. The van der Waals surface area contributed by atoms with E-state index in [-0.39, 0.29) is 5.84 Å². The Labute approximate surface area is 131 Å². The molecule has 2 aliphatic rings. The van der Waals surface area contributed by atoms with Gasteiger partial charge in [0.2, 0.25) is 0 Å². The Hall–Kier alpha value is -2.14. The Kier molecular flexibility index (Phi) is 4.22. The highest BCUT2D eigenvalue weighted by Gasteiger charge is 2.44. The third-order valence-electron chi connectivity index (χ3n) is 3.68. The summed E-state index contributed by atoms with van der Waals surface area (Å²) in [7, 11) is 0. The van der Waals surface area contributed by atoms with E-state index < -0.39 is 31.1 Å². The maximum atomic E-state index is 10.1. The van der Waals surface area contributed by atoms with Crippen molar-refractivity contribution in [2.45, 2.75) is 31.5 Å². The molecule has 6 N–H and O–H groups in total. The van der Waals surface area contributed by atoms with Crippen LogP contribution in [0.2, 0.25) is 0 Å². The molecule has 3 rings (SSSR count). The van der Waals surface area contributed by atoms with Gasteiger partial charge >= 0.3 is 0 Å². The number of nitrogens with zero attached hydrogens (tertiary/aromatic N) is 3. The number of fused-ring (bicyclic) bond motifs is 1. The lowest BCUT2D eigenvalue weighted by molar-refractivity contribution is -0.0518. The quantitative estimate of drug-likeness (QED) is 0.418. The van der Waals surface area contributed by atoms with Crippen LogP contribution in [-0.4, -0.2) is 62.2 Å². The maximum absolute atomic E-state index is 10.1. The van der Waals surface area contributed by atoms with Crippen LogP contribution < -0.4 is 11.1 Å². The normalized spacial score (nSPS) is 31.7. The number of anilines is 1. The van der Waals surface area contributed by atoms with Crippen LogP contribution in [0.4, 0.5) is 5.82 Å². The van der Waals surface area contributed by atoms with Gasteiger partial charge in [0, 0.05) is 0 Å². The summed E-state index contributed by atoms with van der Waals surface area (Å²) in [6, 6.07) is 0. The molecule has 3 heterocycles. The van der Waals surface area contributed by atoms with Gasteiger partial charge in [-0.2, -0.15) is 0 Å². The molecule has 1 saturated heterocycles. The Bertz CT molecular complexity index is 643. The molecule has 4 atom stereocenters. The van der Waals surface area contributed by atoms with Crippen LogP contribution in [0.25, 0.3) is 0 Å². The lowest BCUT2D eigenvalue weighted by Crippen LogP contribution is -2.33. The van der Waals surface area contributed by atoms with E-state index in [4.69, 9.17) is 15.2 Å². The molecule has 23 heavy (non-hydrogen) atoms. The first-order valence-corrected chi connectivity index (χ1v) is 7.19. The molecule has 10 heteroatoms. The van der Waals surface area contributed by atoms with Gasteiger partial charge in [-0.3, -0.25) is 4.57 Å². The molecule has 0 bridgehead atoms. The van der Waals surface area contributed by atoms with Gasteiger partial charge in [-0.25, -0.2) is 9.98 Å². The standard InChI is InChI=1S/C13H19N5O5/c1-2-22-4-7-16-11(14)8-12(17-7)18(5-15-8)13-10(21)9(20)6(3-19)23-13/h4-6,9-10,13,17,19-21H,2-3H2,1H3,(H2,14,16)/t6-,9?,10?,13-/m1/s1. The van der Waals surface area contributed by atoms with Gasteiger partial charge in [-0.15, -0.1) is 0 Å². The number of hydrogen-bond acceptors (Lipinski definition) is 9. The van der Waals surface area contributed by atoms with Crippen LogP contribution in [0.15, 0.2) is 23.4 Å². The molecule has 0 aromatic carbocycles. The number of amidine groups is 1. The minimum Gasteiger partial charge on any atom is -0.498 e. The zero-order valence-electron chi connectivity index (χ0n) is 12.5. The summed E-state index contributed by atoms with van der Waals surface area (Å²) in [6.07, 6.45) is -1.36. The maximum Gasteiger partial charge on any atom is 0.168 e. The van der Waals surface area contributed by atoms with Gasteiger partial charge in [0.1, 0.15) is 36.1 Å². The average Bonchev–Trinajstić information content (AvgIpc) is 3.08. The largest absolute Gasteiger partial charge is 0.498 e. The Balaban J connectivity index is 1.92. The van der Waals surface area contributed by atoms with Crippen molar-refractivity contribution >= 4 is 11.7 Å². The first-order valence-electron chi connectivity index (χ1n) is 7.19. The van der Waals surface area contributed by atoms with E-state index in [1.54, 1.807) is 0 Å². The fraction of sp³-hybridized carbons (Fsp3) is 0.538. The van der Waals surface area contributed by atoms with E-state index in [2.05, 4.69) is 15.3 Å². The van der Waals surface area contributed by atoms with Crippen molar-refractivity contribution in [3.63, 3.8) is 0 Å². The highest BCUT2D eigenvalue weighted by atomic mass is 16.6. The van der Waals surface area contributed by atoms with Crippen LogP contribution in [0, 0.1) is 0 Å². The number of aliphatic hydroxyl groups is 3. The van der Waals surface area contributed by atoms with Gasteiger partial charge in [0.25, 0.3) is 0 Å². The number of imidazole rings is 1. The molecule has 126 valence electrons. The van der Waals surface area contributed by atoms with Crippen molar-refractivity contribution in [3.05, 3.63) is 24.1 Å². The lowest BCUT2D eigenvalue weighted by atomic mass is 10.1. The number of hydrogen-bond donors (Lipinski definition) is 5. The van der Waals surface area contributed by atoms with E-state index in [0.717, 1.165) is 0 Å². The Morgan fingerprint density at radius 1 is 1.48 bits per heavy atom. The van der Waals surface area contributed by atoms with Crippen molar-refractivity contribution < 1.29 is 24.8 Å². The van der Waals surface area contributed by atoms with Gasteiger partial charge in [0.15, 0.2) is 17.9 Å². The molecule has 0 saturated carbocycles. The number of ether oxygens (including phenoxy) is 2. The molecule has 0 spiro atoms. The van der Waals surface area contributed by atoms with Crippen molar-refractivity contribution in [3.8, 4) is 0 Å². The summed E-state index contributed by atoms with van der Waals surface area (Å²) < 4.78 is 12.2. The number of rotatable bonds is 4. The fourth-order valence-corrected chi connectivity index (χ4v) is 2.53. The minimum atomic E-state index is -1.22. The third kappa shape index (κ3) is 2.65. The highest BCUT2D eigenvalue weighted by Crippen LogP contribution is 2.34. The third-order valence-corrected chi connectivity index (χ3v) is 3.68. The van der Waals surface area contributed by atoms with E-state index in [9.17, 15) is 15.3 Å². The topological polar surface area (TPSA) is 147 Å². The van der Waals surface area contributed by atoms with Gasteiger partial charge in [-0.05, 0) is 6.92 Å². The summed E-state index contributed by atoms with van der Waals surface area (Å²) in [5, 5.41) is 32.2. The molecule has 1 aromatic heterocycles. The number of aliphatic hydroxyl groups excluding tert-OH is 3. The predicted molar refractivity (Wildman–Crippen MR) is 79.3 cm³/mol. The van der Waals surface area contributed by atoms with Crippen LogP contribution in [0.3, 0.4) is 0 Å². The summed E-state index contributed by atoms with van der Waals surface area (Å²) in [4.78, 5) is 8.27. The number of aliphatic imine (C=N–C) groups is 1. The lowest BCUT2D eigenvalue weighted by Gasteiger charge is -2.22. The second kappa shape index (κ2) is 6.16. The highest BCUT2D eigenvalue weighted by molar-refractivity contribution is 6.02. The molecular formula is C13H19N5O5. The zero-order valence-corrected chi connectivity index (χ0v) is 12.5. The van der Waals surface area contributed by atoms with E-state index in [1.807, 2.05) is 6.92 Å². The van der Waals surface area contributed by atoms with E-state index >= 15 is 0 Å². The van der Waals surface area contributed by atoms with E-state index in [0.29, 0.717) is 23.9 Å². The first kappa shape index (κ1) is 15.7. The van der Waals surface area contributed by atoms with Gasteiger partial charge in [0.05, 0.1) is 19.5 Å². The predicted octanol–water partition coefficient (Wildman–Crippen LogP) is -1.54. The van der Waals surface area contributed by atoms with Gasteiger partial charge in [-0.1, -0.05) is 0 Å². The summed E-state index contributed by atoms with van der Waals surface area (Å²) in [6.45, 7) is 1.90. The van der Waals surface area contributed by atoms with Crippen LogP contribution in [-0.2, 0) is 9.47 Å². The first-order chi connectivity index (χ1) is 11.1. The Morgan fingerprint density at radius 3 is 2.91 bits per heavy atom. The van der Waals surface area contributed by atoms with Gasteiger partial charge < -0.3 is 35.8 Å². The molecular weight excluding hydrogens is 306 g/mol. The van der Waals surface area contributed by atoms with E-state index in [1.165, 1.54) is 17.2 Å². The summed E-state index contributed by atoms with van der Waals surface area (Å²) in [5.74, 6) is 1.03. The SMILES string of the molecule is CCOC=C1N=C(N)c2ncn([C@@H]3O[C@H](CO)C(O)C3O)c2N1. The molecule has 2 aliphatic heterocycles. The van der Waals surface area contributed by atoms with Crippen LogP contribution in [0.1, 0.15) is 18.8 Å². The molecule has 2 unspecified atom stereocenters.